The highest BCUT2D eigenvalue weighted by Gasteiger charge is 2.02. The van der Waals surface area contributed by atoms with E-state index < -0.39 is 0 Å². The van der Waals surface area contributed by atoms with Gasteiger partial charge in [-0.15, -0.1) is 0 Å². The molecule has 0 bridgehead atoms. The van der Waals surface area contributed by atoms with Gasteiger partial charge < -0.3 is 10.8 Å². The minimum Gasteiger partial charge on any atom is -0.399 e. The Morgan fingerprint density at radius 3 is 2.75 bits per heavy atom. The van der Waals surface area contributed by atoms with Crippen molar-refractivity contribution >= 4 is 17.5 Å². The Labute approximate surface area is 118 Å². The van der Waals surface area contributed by atoms with Crippen LogP contribution in [-0.4, -0.2) is 10.9 Å². The molecule has 0 fully saturated rings. The van der Waals surface area contributed by atoms with E-state index in [9.17, 15) is 4.79 Å². The fourth-order valence-corrected chi connectivity index (χ4v) is 1.92. The Hall–Kier alpha value is -2.39. The molecule has 0 saturated carbocycles. The average molecular weight is 267 g/mol. The molecule has 0 saturated heterocycles. The Bertz CT molecular complexity index is 660. The summed E-state index contributed by atoms with van der Waals surface area (Å²) in [5.41, 5.74) is 9.61. The molecule has 2 aromatic rings. The fraction of sp³-hybridized carbons (Fsp3) is 0.118. The summed E-state index contributed by atoms with van der Waals surface area (Å²) < 4.78 is 0. The molecule has 0 heterocycles. The van der Waals surface area contributed by atoms with E-state index in [-0.39, 0.29) is 12.4 Å². The van der Waals surface area contributed by atoms with Gasteiger partial charge in [0.15, 0.2) is 5.78 Å². The zero-order valence-electron chi connectivity index (χ0n) is 11.3. The summed E-state index contributed by atoms with van der Waals surface area (Å²) >= 11 is 0. The van der Waals surface area contributed by atoms with Crippen LogP contribution in [0.15, 0.2) is 48.5 Å². The standard InChI is InChI=1S/C17H17NO2/c1-12-5-6-13(11-19)9-14(12)7-8-17(20)15-3-2-4-16(18)10-15/h2-10,19H,11,18H2,1H3/b8-7+. The predicted molar refractivity (Wildman–Crippen MR) is 81.3 cm³/mol. The van der Waals surface area contributed by atoms with Crippen molar-refractivity contribution in [3.8, 4) is 0 Å². The summed E-state index contributed by atoms with van der Waals surface area (Å²) in [6, 6.07) is 12.6. The minimum absolute atomic E-state index is 0.00964. The zero-order chi connectivity index (χ0) is 14.5. The number of carbonyl (C=O) groups is 1. The molecule has 2 aromatic carbocycles. The monoisotopic (exact) mass is 267 g/mol. The van der Waals surface area contributed by atoms with Crippen LogP contribution < -0.4 is 5.73 Å². The van der Waals surface area contributed by atoms with E-state index in [0.717, 1.165) is 16.7 Å². The number of hydrogen-bond donors (Lipinski definition) is 2. The highest BCUT2D eigenvalue weighted by atomic mass is 16.3. The van der Waals surface area contributed by atoms with E-state index >= 15 is 0 Å². The van der Waals surface area contributed by atoms with Crippen molar-refractivity contribution in [2.24, 2.45) is 0 Å². The molecule has 0 unspecified atom stereocenters. The number of benzene rings is 2. The number of allylic oxidation sites excluding steroid dienone is 1. The third-order valence-corrected chi connectivity index (χ3v) is 3.11. The van der Waals surface area contributed by atoms with Crippen molar-refractivity contribution in [1.82, 2.24) is 0 Å². The Morgan fingerprint density at radius 1 is 1.25 bits per heavy atom. The predicted octanol–water partition coefficient (Wildman–Crippen LogP) is 2.97. The maximum atomic E-state index is 12.0. The van der Waals surface area contributed by atoms with Crippen molar-refractivity contribution in [3.05, 3.63) is 70.8 Å². The summed E-state index contributed by atoms with van der Waals surface area (Å²) in [4.78, 5) is 12.0. The number of ketones is 1. The molecule has 0 amide bonds. The second-order valence-electron chi connectivity index (χ2n) is 4.67. The first-order valence-electron chi connectivity index (χ1n) is 6.38. The number of hydrogen-bond acceptors (Lipinski definition) is 3. The number of aliphatic hydroxyl groups is 1. The van der Waals surface area contributed by atoms with Crippen LogP contribution in [0.2, 0.25) is 0 Å². The first-order chi connectivity index (χ1) is 9.60. The van der Waals surface area contributed by atoms with E-state index in [2.05, 4.69) is 0 Å². The van der Waals surface area contributed by atoms with E-state index in [1.165, 1.54) is 6.08 Å². The molecule has 3 nitrogen and oxygen atoms in total. The number of aliphatic hydroxyl groups excluding tert-OH is 1. The number of carbonyl (C=O) groups excluding carboxylic acids is 1. The summed E-state index contributed by atoms with van der Waals surface area (Å²) in [5.74, 6) is -0.0916. The summed E-state index contributed by atoms with van der Waals surface area (Å²) in [5, 5.41) is 9.13. The molecule has 0 aliphatic carbocycles. The molecule has 20 heavy (non-hydrogen) atoms. The molecular formula is C17H17NO2. The lowest BCUT2D eigenvalue weighted by molar-refractivity contribution is 0.104. The van der Waals surface area contributed by atoms with Crippen molar-refractivity contribution in [3.63, 3.8) is 0 Å². The van der Waals surface area contributed by atoms with Crippen molar-refractivity contribution < 1.29 is 9.90 Å². The Balaban J connectivity index is 2.23. The quantitative estimate of drug-likeness (QED) is 0.508. The topological polar surface area (TPSA) is 63.3 Å². The van der Waals surface area contributed by atoms with Crippen LogP contribution in [0.5, 0.6) is 0 Å². The van der Waals surface area contributed by atoms with E-state index in [1.807, 2.05) is 25.1 Å². The maximum absolute atomic E-state index is 12.0. The molecule has 2 rings (SSSR count). The molecule has 3 heteroatoms. The van der Waals surface area contributed by atoms with Gasteiger partial charge in [-0.1, -0.05) is 30.3 Å². The first-order valence-corrected chi connectivity index (χ1v) is 6.38. The summed E-state index contributed by atoms with van der Waals surface area (Å²) in [6.07, 6.45) is 3.29. The van der Waals surface area contributed by atoms with Gasteiger partial charge in [-0.3, -0.25) is 4.79 Å². The Morgan fingerprint density at radius 2 is 2.05 bits per heavy atom. The second kappa shape index (κ2) is 6.17. The summed E-state index contributed by atoms with van der Waals surface area (Å²) in [7, 11) is 0. The Kier molecular flexibility index (Phi) is 4.33. The number of nitrogen functional groups attached to an aromatic ring is 1. The molecule has 0 aliphatic heterocycles. The van der Waals surface area contributed by atoms with Gasteiger partial charge in [0.1, 0.15) is 0 Å². The smallest absolute Gasteiger partial charge is 0.185 e. The average Bonchev–Trinajstić information content (AvgIpc) is 2.46. The van der Waals surface area contributed by atoms with Crippen LogP contribution in [-0.2, 0) is 6.61 Å². The van der Waals surface area contributed by atoms with Crippen LogP contribution in [0.25, 0.3) is 6.08 Å². The highest BCUT2D eigenvalue weighted by molar-refractivity contribution is 6.07. The SMILES string of the molecule is Cc1ccc(CO)cc1/C=C/C(=O)c1cccc(N)c1. The largest absolute Gasteiger partial charge is 0.399 e. The lowest BCUT2D eigenvalue weighted by Crippen LogP contribution is -1.96. The highest BCUT2D eigenvalue weighted by Crippen LogP contribution is 2.14. The first kappa shape index (κ1) is 14.0. The molecular weight excluding hydrogens is 250 g/mol. The van der Waals surface area contributed by atoms with Gasteiger partial charge >= 0.3 is 0 Å². The number of nitrogens with two attached hydrogens (primary N) is 1. The van der Waals surface area contributed by atoms with Crippen LogP contribution in [0.3, 0.4) is 0 Å². The van der Waals surface area contributed by atoms with Gasteiger partial charge in [-0.25, -0.2) is 0 Å². The van der Waals surface area contributed by atoms with Crippen LogP contribution in [0.1, 0.15) is 27.0 Å². The molecule has 0 atom stereocenters. The second-order valence-corrected chi connectivity index (χ2v) is 4.67. The lowest BCUT2D eigenvalue weighted by Gasteiger charge is -2.03. The molecule has 0 aromatic heterocycles. The summed E-state index contributed by atoms with van der Waals surface area (Å²) in [6.45, 7) is 1.95. The number of rotatable bonds is 4. The van der Waals surface area contributed by atoms with Gasteiger partial charge in [0.05, 0.1) is 6.61 Å². The van der Waals surface area contributed by atoms with Gasteiger partial charge in [-0.2, -0.15) is 0 Å². The van der Waals surface area contributed by atoms with Gasteiger partial charge in [0.2, 0.25) is 0 Å². The van der Waals surface area contributed by atoms with Crippen LogP contribution >= 0.6 is 0 Å². The van der Waals surface area contributed by atoms with Crippen molar-refractivity contribution in [1.29, 1.82) is 0 Å². The van der Waals surface area contributed by atoms with Gasteiger partial charge in [0.25, 0.3) is 0 Å². The fourth-order valence-electron chi connectivity index (χ4n) is 1.92. The van der Waals surface area contributed by atoms with Crippen molar-refractivity contribution in [2.45, 2.75) is 13.5 Å². The zero-order valence-corrected chi connectivity index (χ0v) is 11.3. The maximum Gasteiger partial charge on any atom is 0.185 e. The molecule has 102 valence electrons. The van der Waals surface area contributed by atoms with Gasteiger partial charge in [-0.05, 0) is 47.9 Å². The van der Waals surface area contributed by atoms with Gasteiger partial charge in [0, 0.05) is 11.3 Å². The number of anilines is 1. The van der Waals surface area contributed by atoms with E-state index in [0.29, 0.717) is 11.3 Å². The normalized spacial score (nSPS) is 10.9. The van der Waals surface area contributed by atoms with E-state index in [4.69, 9.17) is 10.8 Å². The molecule has 0 aliphatic rings. The van der Waals surface area contributed by atoms with Crippen molar-refractivity contribution in [2.75, 3.05) is 5.73 Å². The molecule has 0 spiro atoms. The third-order valence-electron chi connectivity index (χ3n) is 3.11. The minimum atomic E-state index is -0.0916. The molecule has 3 N–H and O–H groups in total. The van der Waals surface area contributed by atoms with E-state index in [1.54, 1.807) is 30.3 Å². The van der Waals surface area contributed by atoms with Crippen LogP contribution in [0, 0.1) is 6.92 Å². The van der Waals surface area contributed by atoms with Crippen LogP contribution in [0.4, 0.5) is 5.69 Å². The lowest BCUT2D eigenvalue weighted by atomic mass is 10.0. The molecule has 0 radical (unpaired) electrons. The number of aryl methyl sites for hydroxylation is 1. The third kappa shape index (κ3) is 3.33.